The van der Waals surface area contributed by atoms with E-state index in [2.05, 4.69) is 32.1 Å². The van der Waals surface area contributed by atoms with Crippen LogP contribution in [0, 0.1) is 0 Å². The zero-order valence-electron chi connectivity index (χ0n) is 9.94. The number of carbonyl (C=O) groups is 2. The van der Waals surface area contributed by atoms with Crippen molar-refractivity contribution in [3.05, 3.63) is 50.1 Å². The van der Waals surface area contributed by atoms with Crippen LogP contribution in [-0.4, -0.2) is 11.9 Å². The number of hydrogen-bond donors (Lipinski definition) is 3. The molecule has 1 heterocycles. The molecule has 1 aromatic heterocycles. The van der Waals surface area contributed by atoms with E-state index in [4.69, 9.17) is 11.6 Å². The maximum absolute atomic E-state index is 11.7. The molecule has 20 heavy (non-hydrogen) atoms. The van der Waals surface area contributed by atoms with Crippen LogP contribution in [0.2, 0.25) is 5.02 Å². The summed E-state index contributed by atoms with van der Waals surface area (Å²) in [6.07, 6.45) is 0. The summed E-state index contributed by atoms with van der Waals surface area (Å²) in [5.74, 6) is -0.391. The molecule has 0 unspecified atom stereocenters. The number of rotatable bonds is 2. The predicted molar refractivity (Wildman–Crippen MR) is 83.1 cm³/mol. The summed E-state index contributed by atoms with van der Waals surface area (Å²) >= 11 is 10.2. The van der Waals surface area contributed by atoms with Crippen LogP contribution in [0.1, 0.15) is 9.67 Å². The number of urea groups is 1. The van der Waals surface area contributed by atoms with Crippen molar-refractivity contribution in [1.82, 2.24) is 10.9 Å². The van der Waals surface area contributed by atoms with Crippen LogP contribution in [0.3, 0.4) is 0 Å². The maximum Gasteiger partial charge on any atom is 0.337 e. The molecule has 0 fully saturated rings. The molecular weight excluding hydrogens is 366 g/mol. The maximum atomic E-state index is 11.7. The smallest absolute Gasteiger partial charge is 0.307 e. The van der Waals surface area contributed by atoms with Crippen LogP contribution < -0.4 is 16.2 Å². The lowest BCUT2D eigenvalue weighted by atomic mass is 10.3. The van der Waals surface area contributed by atoms with Gasteiger partial charge in [-0.3, -0.25) is 10.2 Å². The summed E-state index contributed by atoms with van der Waals surface area (Å²) in [6.45, 7) is 0. The molecular formula is C12H9BrClN3O2S. The van der Waals surface area contributed by atoms with Gasteiger partial charge in [0.1, 0.15) is 4.88 Å². The number of hydrazine groups is 1. The Morgan fingerprint density at radius 2 is 1.80 bits per heavy atom. The van der Waals surface area contributed by atoms with E-state index in [1.165, 1.54) is 11.3 Å². The fourth-order valence-corrected chi connectivity index (χ4v) is 2.89. The fourth-order valence-electron chi connectivity index (χ4n) is 1.32. The third-order valence-electron chi connectivity index (χ3n) is 2.22. The first-order valence-electron chi connectivity index (χ1n) is 5.42. The van der Waals surface area contributed by atoms with Gasteiger partial charge < -0.3 is 5.32 Å². The van der Waals surface area contributed by atoms with Gasteiger partial charge in [-0.25, -0.2) is 10.2 Å². The average Bonchev–Trinajstić information content (AvgIpc) is 2.85. The normalized spacial score (nSPS) is 9.90. The van der Waals surface area contributed by atoms with Gasteiger partial charge in [0.15, 0.2) is 0 Å². The standard InChI is InChI=1S/C12H9BrClN3O2S/c13-9-5-6-20-10(9)11(18)16-17-12(19)15-8-3-1-7(14)2-4-8/h1-6H,(H,16,18)(H2,15,17,19). The number of benzene rings is 1. The highest BCUT2D eigenvalue weighted by Crippen LogP contribution is 2.21. The molecule has 0 bridgehead atoms. The Bertz CT molecular complexity index is 630. The van der Waals surface area contributed by atoms with Crippen molar-refractivity contribution in [2.24, 2.45) is 0 Å². The molecule has 5 nitrogen and oxygen atoms in total. The summed E-state index contributed by atoms with van der Waals surface area (Å²) in [5.41, 5.74) is 5.14. The summed E-state index contributed by atoms with van der Waals surface area (Å²) < 4.78 is 0.680. The highest BCUT2D eigenvalue weighted by atomic mass is 79.9. The van der Waals surface area contributed by atoms with Crippen LogP contribution in [-0.2, 0) is 0 Å². The molecule has 1 aromatic carbocycles. The molecule has 0 aliphatic heterocycles. The summed E-state index contributed by atoms with van der Waals surface area (Å²) in [6, 6.07) is 7.82. The lowest BCUT2D eigenvalue weighted by molar-refractivity contribution is 0.0941. The first-order valence-corrected chi connectivity index (χ1v) is 7.47. The fraction of sp³-hybridized carbons (Fsp3) is 0. The average molecular weight is 375 g/mol. The molecule has 0 atom stereocenters. The number of nitrogens with one attached hydrogen (secondary N) is 3. The minimum atomic E-state index is -0.548. The van der Waals surface area contributed by atoms with E-state index >= 15 is 0 Å². The Labute approximate surface area is 132 Å². The van der Waals surface area contributed by atoms with E-state index < -0.39 is 11.9 Å². The molecule has 8 heteroatoms. The number of carbonyl (C=O) groups excluding carboxylic acids is 2. The Balaban J connectivity index is 1.85. The molecule has 0 radical (unpaired) electrons. The molecule has 3 N–H and O–H groups in total. The highest BCUT2D eigenvalue weighted by Gasteiger charge is 2.12. The zero-order chi connectivity index (χ0) is 14.5. The molecule has 3 amide bonds. The number of hydrogen-bond acceptors (Lipinski definition) is 3. The van der Waals surface area contributed by atoms with E-state index in [9.17, 15) is 9.59 Å². The minimum absolute atomic E-state index is 0.391. The molecule has 0 spiro atoms. The molecule has 0 saturated heterocycles. The molecule has 2 rings (SSSR count). The van der Waals surface area contributed by atoms with Crippen LogP contribution in [0.5, 0.6) is 0 Å². The van der Waals surface area contributed by atoms with Gasteiger partial charge in [0.05, 0.1) is 0 Å². The minimum Gasteiger partial charge on any atom is -0.307 e. The second-order valence-electron chi connectivity index (χ2n) is 3.64. The van der Waals surface area contributed by atoms with Crippen molar-refractivity contribution in [2.75, 3.05) is 5.32 Å². The van der Waals surface area contributed by atoms with Crippen molar-refractivity contribution >= 4 is 56.5 Å². The van der Waals surface area contributed by atoms with Gasteiger partial charge in [-0.15, -0.1) is 11.3 Å². The van der Waals surface area contributed by atoms with Gasteiger partial charge in [0.2, 0.25) is 0 Å². The topological polar surface area (TPSA) is 70.2 Å². The molecule has 104 valence electrons. The van der Waals surface area contributed by atoms with Crippen molar-refractivity contribution in [3.63, 3.8) is 0 Å². The molecule has 0 aliphatic rings. The second kappa shape index (κ2) is 6.74. The van der Waals surface area contributed by atoms with Crippen molar-refractivity contribution in [2.45, 2.75) is 0 Å². The van der Waals surface area contributed by atoms with Crippen LogP contribution in [0.25, 0.3) is 0 Å². The predicted octanol–water partition coefficient (Wildman–Crippen LogP) is 3.63. The van der Waals surface area contributed by atoms with Crippen molar-refractivity contribution in [3.8, 4) is 0 Å². The van der Waals surface area contributed by atoms with E-state index in [0.29, 0.717) is 20.1 Å². The van der Waals surface area contributed by atoms with E-state index in [0.717, 1.165) is 0 Å². The quantitative estimate of drug-likeness (QED) is 0.703. The summed E-state index contributed by atoms with van der Waals surface area (Å²) in [4.78, 5) is 23.8. The van der Waals surface area contributed by atoms with E-state index in [1.807, 2.05) is 0 Å². The zero-order valence-corrected chi connectivity index (χ0v) is 13.1. The summed E-state index contributed by atoms with van der Waals surface area (Å²) in [5, 5.41) is 4.90. The number of amides is 3. The molecule has 0 saturated carbocycles. The van der Waals surface area contributed by atoms with Crippen LogP contribution in [0.15, 0.2) is 40.2 Å². The van der Waals surface area contributed by atoms with Crippen LogP contribution in [0.4, 0.5) is 10.5 Å². The van der Waals surface area contributed by atoms with Gasteiger partial charge in [0.25, 0.3) is 5.91 Å². The van der Waals surface area contributed by atoms with Gasteiger partial charge in [-0.05, 0) is 51.6 Å². The lowest BCUT2D eigenvalue weighted by Crippen LogP contribution is -2.43. The summed E-state index contributed by atoms with van der Waals surface area (Å²) in [7, 11) is 0. The van der Waals surface area contributed by atoms with Gasteiger partial charge in [0, 0.05) is 15.2 Å². The number of anilines is 1. The third-order valence-corrected chi connectivity index (χ3v) is 4.30. The molecule has 0 aliphatic carbocycles. The van der Waals surface area contributed by atoms with Crippen molar-refractivity contribution < 1.29 is 9.59 Å². The lowest BCUT2D eigenvalue weighted by Gasteiger charge is -2.08. The van der Waals surface area contributed by atoms with Crippen LogP contribution >= 0.6 is 38.9 Å². The third kappa shape index (κ3) is 3.96. The SMILES string of the molecule is O=C(NNC(=O)c1sccc1Br)Nc1ccc(Cl)cc1. The second-order valence-corrected chi connectivity index (χ2v) is 5.84. The Kier molecular flexibility index (Phi) is 4.99. The highest BCUT2D eigenvalue weighted by molar-refractivity contribution is 9.10. The van der Waals surface area contributed by atoms with Gasteiger partial charge >= 0.3 is 6.03 Å². The first-order chi connectivity index (χ1) is 9.56. The van der Waals surface area contributed by atoms with Crippen molar-refractivity contribution in [1.29, 1.82) is 0 Å². The largest absolute Gasteiger partial charge is 0.337 e. The Morgan fingerprint density at radius 3 is 2.40 bits per heavy atom. The number of thiophene rings is 1. The first kappa shape index (κ1) is 14.8. The van der Waals surface area contributed by atoms with E-state index in [-0.39, 0.29) is 0 Å². The monoisotopic (exact) mass is 373 g/mol. The van der Waals surface area contributed by atoms with Gasteiger partial charge in [-0.1, -0.05) is 11.6 Å². The van der Waals surface area contributed by atoms with E-state index in [1.54, 1.807) is 35.7 Å². The Hall–Kier alpha value is -1.57. The number of halogens is 2. The Morgan fingerprint density at radius 1 is 1.10 bits per heavy atom. The molecule has 2 aromatic rings. The van der Waals surface area contributed by atoms with Gasteiger partial charge in [-0.2, -0.15) is 0 Å².